The Balaban J connectivity index is 1.97. The highest BCUT2D eigenvalue weighted by atomic mass is 35.5. The van der Waals surface area contributed by atoms with Gasteiger partial charge in [0.1, 0.15) is 5.82 Å². The molecule has 1 atom stereocenters. The zero-order valence-corrected chi connectivity index (χ0v) is 15.7. The number of benzene rings is 1. The van der Waals surface area contributed by atoms with Gasteiger partial charge >= 0.3 is 6.03 Å². The van der Waals surface area contributed by atoms with E-state index in [0.717, 1.165) is 5.56 Å². The molecule has 1 aromatic carbocycles. The van der Waals surface area contributed by atoms with Crippen molar-refractivity contribution in [2.24, 2.45) is 0 Å². The van der Waals surface area contributed by atoms with E-state index >= 15 is 0 Å². The summed E-state index contributed by atoms with van der Waals surface area (Å²) in [6, 6.07) is 8.55. The Morgan fingerprint density at radius 2 is 2.15 bits per heavy atom. The molecule has 0 radical (unpaired) electrons. The maximum Gasteiger partial charge on any atom is 0.330 e. The van der Waals surface area contributed by atoms with Gasteiger partial charge in [-0.05, 0) is 37.6 Å². The first-order chi connectivity index (χ1) is 12.5. The monoisotopic (exact) mass is 372 g/mol. The summed E-state index contributed by atoms with van der Waals surface area (Å²) in [6.07, 6.45) is 2.30. The van der Waals surface area contributed by atoms with E-state index in [9.17, 15) is 9.59 Å². The number of hydrogen-bond donors (Lipinski definition) is 1. The molecule has 0 saturated carbocycles. The van der Waals surface area contributed by atoms with Crippen molar-refractivity contribution in [1.82, 2.24) is 10.3 Å². The molecule has 3 amide bonds. The number of amides is 3. The fraction of sp³-hybridized carbons (Fsp3) is 0.316. The van der Waals surface area contributed by atoms with Crippen LogP contribution in [0.4, 0.5) is 16.3 Å². The maximum absolute atomic E-state index is 13.1. The van der Waals surface area contributed by atoms with Crippen molar-refractivity contribution in [2.45, 2.75) is 26.3 Å². The van der Waals surface area contributed by atoms with Crippen molar-refractivity contribution in [2.75, 3.05) is 23.4 Å². The molecule has 136 valence electrons. The van der Waals surface area contributed by atoms with Crippen molar-refractivity contribution in [3.05, 3.63) is 52.7 Å². The minimum Gasteiger partial charge on any atom is -0.355 e. The fourth-order valence-electron chi connectivity index (χ4n) is 3.24. The first kappa shape index (κ1) is 18.2. The summed E-state index contributed by atoms with van der Waals surface area (Å²) in [6.45, 7) is 4.46. The molecule has 2 heterocycles. The van der Waals surface area contributed by atoms with E-state index in [2.05, 4.69) is 10.3 Å². The van der Waals surface area contributed by atoms with E-state index in [1.165, 1.54) is 0 Å². The van der Waals surface area contributed by atoms with Crippen molar-refractivity contribution < 1.29 is 9.59 Å². The average molecular weight is 373 g/mol. The summed E-state index contributed by atoms with van der Waals surface area (Å²) in [5.41, 5.74) is 2.06. The maximum atomic E-state index is 13.1. The molecule has 0 spiro atoms. The summed E-state index contributed by atoms with van der Waals surface area (Å²) < 4.78 is 0. The molecule has 0 aliphatic carbocycles. The third kappa shape index (κ3) is 3.12. The highest BCUT2D eigenvalue weighted by Gasteiger charge is 2.38. The number of anilines is 2. The average Bonchev–Trinajstić information content (AvgIpc) is 2.95. The number of halogens is 1. The summed E-state index contributed by atoms with van der Waals surface area (Å²) in [7, 11) is 1.58. The zero-order chi connectivity index (χ0) is 18.8. The van der Waals surface area contributed by atoms with E-state index in [1.54, 1.807) is 47.3 Å². The van der Waals surface area contributed by atoms with Crippen LogP contribution in [0.5, 0.6) is 0 Å². The molecule has 26 heavy (non-hydrogen) atoms. The number of pyridine rings is 1. The summed E-state index contributed by atoms with van der Waals surface area (Å²) in [4.78, 5) is 32.8. The van der Waals surface area contributed by atoms with Crippen molar-refractivity contribution in [1.29, 1.82) is 0 Å². The normalized spacial score (nSPS) is 16.9. The van der Waals surface area contributed by atoms with Crippen LogP contribution in [-0.2, 0) is 6.42 Å². The molecule has 0 bridgehead atoms. The van der Waals surface area contributed by atoms with E-state index in [-0.39, 0.29) is 18.0 Å². The van der Waals surface area contributed by atoms with Crippen LogP contribution in [0, 0.1) is 0 Å². The second-order valence-electron chi connectivity index (χ2n) is 6.19. The number of carbonyl (C=O) groups excluding carboxylic acids is 2. The summed E-state index contributed by atoms with van der Waals surface area (Å²) >= 11 is 6.28. The van der Waals surface area contributed by atoms with Crippen LogP contribution >= 0.6 is 11.6 Å². The Labute approximate surface area is 157 Å². The van der Waals surface area contributed by atoms with Crippen LogP contribution in [0.25, 0.3) is 0 Å². The Hall–Kier alpha value is -2.60. The second-order valence-corrected chi connectivity index (χ2v) is 6.60. The van der Waals surface area contributed by atoms with E-state index < -0.39 is 0 Å². The lowest BCUT2D eigenvalue weighted by Crippen LogP contribution is -2.34. The first-order valence-electron chi connectivity index (χ1n) is 8.54. The fourth-order valence-corrected chi connectivity index (χ4v) is 3.52. The van der Waals surface area contributed by atoms with E-state index in [1.807, 2.05) is 19.9 Å². The van der Waals surface area contributed by atoms with Gasteiger partial charge in [-0.2, -0.15) is 0 Å². The van der Waals surface area contributed by atoms with Crippen LogP contribution < -0.4 is 15.1 Å². The molecule has 1 fully saturated rings. The minimum absolute atomic E-state index is 0.0621. The highest BCUT2D eigenvalue weighted by molar-refractivity contribution is 6.31. The molecule has 2 aromatic rings. The minimum atomic E-state index is -0.187. The smallest absolute Gasteiger partial charge is 0.330 e. The second kappa shape index (κ2) is 7.33. The Morgan fingerprint density at radius 3 is 2.85 bits per heavy atom. The van der Waals surface area contributed by atoms with Crippen molar-refractivity contribution >= 4 is 35.0 Å². The Morgan fingerprint density at radius 1 is 1.38 bits per heavy atom. The lowest BCUT2D eigenvalue weighted by atomic mass is 10.1. The lowest BCUT2D eigenvalue weighted by molar-refractivity contribution is 0.0963. The van der Waals surface area contributed by atoms with Crippen LogP contribution in [0.15, 0.2) is 36.5 Å². The molecule has 6 nitrogen and oxygen atoms in total. The zero-order valence-electron chi connectivity index (χ0n) is 15.0. The third-order valence-corrected chi connectivity index (χ3v) is 4.88. The van der Waals surface area contributed by atoms with E-state index in [0.29, 0.717) is 35.1 Å². The first-order valence-corrected chi connectivity index (χ1v) is 8.92. The summed E-state index contributed by atoms with van der Waals surface area (Å²) in [5.74, 6) is 0.412. The number of rotatable bonds is 4. The van der Waals surface area contributed by atoms with Crippen molar-refractivity contribution in [3.63, 3.8) is 0 Å². The molecule has 7 heteroatoms. The molecule has 0 unspecified atom stereocenters. The lowest BCUT2D eigenvalue weighted by Gasteiger charge is -2.22. The molecule has 1 N–H and O–H groups in total. The van der Waals surface area contributed by atoms with Crippen LogP contribution in [-0.4, -0.2) is 36.6 Å². The molecule has 1 saturated heterocycles. The third-order valence-electron chi connectivity index (χ3n) is 4.52. The summed E-state index contributed by atoms with van der Waals surface area (Å²) in [5, 5.41) is 3.21. The predicted molar refractivity (Wildman–Crippen MR) is 103 cm³/mol. The van der Waals surface area contributed by atoms with Gasteiger partial charge in [0, 0.05) is 41.6 Å². The largest absolute Gasteiger partial charge is 0.355 e. The van der Waals surface area contributed by atoms with Gasteiger partial charge in [-0.25, -0.2) is 9.78 Å². The molecular formula is C19H21ClN4O2. The van der Waals surface area contributed by atoms with Crippen molar-refractivity contribution in [3.8, 4) is 0 Å². The quantitative estimate of drug-likeness (QED) is 0.893. The Bertz CT molecular complexity index is 855. The number of nitrogens with zero attached hydrogens (tertiary/aromatic N) is 3. The number of carbonyl (C=O) groups is 2. The van der Waals surface area contributed by atoms with Gasteiger partial charge in [0.15, 0.2) is 0 Å². The molecule has 1 aromatic heterocycles. The molecule has 3 rings (SSSR count). The van der Waals surface area contributed by atoms with Gasteiger partial charge in [-0.15, -0.1) is 0 Å². The SMILES string of the molecule is CCc1c(Cl)ccnc1N1C[C@@H](C)N(c2cccc(C(=O)NC)c2)C1=O. The van der Waals surface area contributed by atoms with Crippen LogP contribution in [0.3, 0.4) is 0 Å². The Kier molecular flexibility index (Phi) is 5.13. The van der Waals surface area contributed by atoms with E-state index in [4.69, 9.17) is 11.6 Å². The highest BCUT2D eigenvalue weighted by Crippen LogP contribution is 2.32. The van der Waals surface area contributed by atoms with Crippen LogP contribution in [0.2, 0.25) is 5.02 Å². The van der Waals surface area contributed by atoms with Crippen LogP contribution in [0.1, 0.15) is 29.8 Å². The number of urea groups is 1. The number of aromatic nitrogens is 1. The van der Waals surface area contributed by atoms with Gasteiger partial charge in [0.25, 0.3) is 5.91 Å². The number of nitrogens with one attached hydrogen (secondary N) is 1. The van der Waals surface area contributed by atoms with Gasteiger partial charge in [0.05, 0.1) is 6.04 Å². The van der Waals surface area contributed by atoms with Gasteiger partial charge in [0.2, 0.25) is 0 Å². The standard InChI is InChI=1S/C19H21ClN4O2/c1-4-15-16(20)8-9-22-17(15)23-11-12(2)24(19(23)26)14-7-5-6-13(10-14)18(25)21-3/h5-10,12H,4,11H2,1-3H3,(H,21,25)/t12-/m1/s1. The predicted octanol–water partition coefficient (Wildman–Crippen LogP) is 3.49. The van der Waals surface area contributed by atoms with Gasteiger partial charge in [-0.1, -0.05) is 24.6 Å². The molecule has 1 aliphatic heterocycles. The number of hydrogen-bond acceptors (Lipinski definition) is 3. The topological polar surface area (TPSA) is 65.5 Å². The molecular weight excluding hydrogens is 352 g/mol. The van der Waals surface area contributed by atoms with Gasteiger partial charge in [-0.3, -0.25) is 14.6 Å². The van der Waals surface area contributed by atoms with Gasteiger partial charge < -0.3 is 5.32 Å². The molecule has 1 aliphatic rings.